The van der Waals surface area contributed by atoms with Crippen LogP contribution in [0.15, 0.2) is 0 Å². The number of halogens is 1. The van der Waals surface area contributed by atoms with Crippen LogP contribution in [0.4, 0.5) is 0 Å². The molecule has 7 heavy (non-hydrogen) atoms. The molecule has 44 valence electrons. The predicted octanol–water partition coefficient (Wildman–Crippen LogP) is 2.48. The summed E-state index contributed by atoms with van der Waals surface area (Å²) in [6.07, 6.45) is 3.87. The van der Waals surface area contributed by atoms with E-state index in [1.807, 2.05) is 0 Å². The first-order chi connectivity index (χ1) is 3.41. The van der Waals surface area contributed by atoms with Crippen molar-refractivity contribution in [1.82, 2.24) is 0 Å². The molecule has 0 fully saturated rings. The maximum Gasteiger partial charge on any atom is 0.00313 e. The summed E-state index contributed by atoms with van der Waals surface area (Å²) in [5.74, 6) is 1.03. The molecule has 0 atom stereocenters. The monoisotopic (exact) mass is 182 g/mol. The van der Waals surface area contributed by atoms with Crippen LogP contribution in [0, 0.1) is 0 Å². The summed E-state index contributed by atoms with van der Waals surface area (Å²) in [6, 6.07) is 0. The van der Waals surface area contributed by atoms with Gasteiger partial charge >= 0.3 is 0 Å². The van der Waals surface area contributed by atoms with Gasteiger partial charge in [-0.1, -0.05) is 22.4 Å². The maximum absolute atomic E-state index is 4.08. The second-order valence-corrected chi connectivity index (χ2v) is 2.71. The highest BCUT2D eigenvalue weighted by atomic mass is 79.9. The Labute approximate surface area is 59.2 Å². The summed E-state index contributed by atoms with van der Waals surface area (Å²) in [5, 5.41) is 1.14. The Hall–Kier alpha value is 0.830. The Kier molecular flexibility index (Phi) is 7.64. The summed E-state index contributed by atoms with van der Waals surface area (Å²) in [7, 11) is 0. The fourth-order valence-electron chi connectivity index (χ4n) is 0.383. The van der Waals surface area contributed by atoms with Gasteiger partial charge in [0.1, 0.15) is 0 Å². The molecule has 0 N–H and O–H groups in total. The van der Waals surface area contributed by atoms with Crippen LogP contribution >= 0.6 is 28.6 Å². The number of rotatable bonds is 4. The fourth-order valence-corrected chi connectivity index (χ4v) is 1.00. The van der Waals surface area contributed by atoms with Crippen molar-refractivity contribution in [3.63, 3.8) is 0 Å². The molecular weight excluding hydrogens is 172 g/mol. The van der Waals surface area contributed by atoms with Crippen molar-refractivity contribution in [2.45, 2.75) is 19.3 Å². The van der Waals surface area contributed by atoms with Crippen LogP contribution < -0.4 is 0 Å². The predicted molar refractivity (Wildman–Crippen MR) is 41.5 cm³/mol. The standard InChI is InChI=1S/C5H11BrS/c6-4-2-1-3-5-7/h7H,1-5H2. The Morgan fingerprint density at radius 1 is 1.14 bits per heavy atom. The van der Waals surface area contributed by atoms with E-state index >= 15 is 0 Å². The Balaban J connectivity index is 2.45. The van der Waals surface area contributed by atoms with Crippen molar-refractivity contribution in [3.05, 3.63) is 0 Å². The van der Waals surface area contributed by atoms with Gasteiger partial charge in [-0.05, 0) is 18.6 Å². The molecule has 0 amide bonds. The SMILES string of the molecule is SCCCCCBr. The summed E-state index contributed by atoms with van der Waals surface area (Å²) in [6.45, 7) is 0. The molecule has 0 spiro atoms. The van der Waals surface area contributed by atoms with Gasteiger partial charge in [0, 0.05) is 5.33 Å². The second-order valence-electron chi connectivity index (χ2n) is 1.47. The average molecular weight is 183 g/mol. The lowest BCUT2D eigenvalue weighted by Crippen LogP contribution is -1.76. The zero-order valence-corrected chi connectivity index (χ0v) is 6.84. The fraction of sp³-hybridized carbons (Fsp3) is 1.00. The highest BCUT2D eigenvalue weighted by molar-refractivity contribution is 9.09. The molecule has 0 bridgehead atoms. The smallest absolute Gasteiger partial charge is 0.00313 e. The number of alkyl halides is 1. The molecule has 0 rings (SSSR count). The molecule has 0 saturated heterocycles. The number of hydrogen-bond acceptors (Lipinski definition) is 1. The highest BCUT2D eigenvalue weighted by Gasteiger charge is 1.81. The van der Waals surface area contributed by atoms with Crippen LogP contribution in [0.1, 0.15) is 19.3 Å². The largest absolute Gasteiger partial charge is 0.179 e. The van der Waals surface area contributed by atoms with Gasteiger partial charge < -0.3 is 0 Å². The van der Waals surface area contributed by atoms with Gasteiger partial charge in [0.15, 0.2) is 0 Å². The van der Waals surface area contributed by atoms with Gasteiger partial charge in [0.2, 0.25) is 0 Å². The van der Waals surface area contributed by atoms with Gasteiger partial charge in [-0.3, -0.25) is 0 Å². The van der Waals surface area contributed by atoms with E-state index in [4.69, 9.17) is 0 Å². The van der Waals surface area contributed by atoms with Crippen LogP contribution in [-0.2, 0) is 0 Å². The van der Waals surface area contributed by atoms with E-state index in [9.17, 15) is 0 Å². The first-order valence-electron chi connectivity index (χ1n) is 2.58. The van der Waals surface area contributed by atoms with Crippen molar-refractivity contribution in [3.8, 4) is 0 Å². The third-order valence-corrected chi connectivity index (χ3v) is 1.67. The summed E-state index contributed by atoms with van der Waals surface area (Å²) in [4.78, 5) is 0. The molecule has 0 aliphatic rings. The second kappa shape index (κ2) is 6.83. The van der Waals surface area contributed by atoms with Crippen LogP contribution in [0.3, 0.4) is 0 Å². The number of unbranched alkanes of at least 4 members (excludes halogenated alkanes) is 2. The molecule has 0 unspecified atom stereocenters. The van der Waals surface area contributed by atoms with Crippen molar-refractivity contribution in [1.29, 1.82) is 0 Å². The van der Waals surface area contributed by atoms with Crippen molar-refractivity contribution in [2.24, 2.45) is 0 Å². The summed E-state index contributed by atoms with van der Waals surface area (Å²) < 4.78 is 0. The van der Waals surface area contributed by atoms with Crippen LogP contribution in [0.25, 0.3) is 0 Å². The van der Waals surface area contributed by atoms with Crippen molar-refractivity contribution >= 4 is 28.6 Å². The maximum atomic E-state index is 4.08. The number of thiol groups is 1. The molecule has 0 heterocycles. The number of hydrogen-bond donors (Lipinski definition) is 1. The van der Waals surface area contributed by atoms with Crippen LogP contribution in [0.5, 0.6) is 0 Å². The lowest BCUT2D eigenvalue weighted by atomic mass is 10.3. The minimum Gasteiger partial charge on any atom is -0.179 e. The van der Waals surface area contributed by atoms with Gasteiger partial charge in [-0.25, -0.2) is 0 Å². The Bertz CT molecular complexity index is 27.3. The normalized spacial score (nSPS) is 9.43. The van der Waals surface area contributed by atoms with E-state index in [0.717, 1.165) is 11.1 Å². The van der Waals surface area contributed by atoms with Crippen LogP contribution in [-0.4, -0.2) is 11.1 Å². The minimum absolute atomic E-state index is 1.03. The minimum atomic E-state index is 1.03. The molecule has 2 heteroatoms. The van der Waals surface area contributed by atoms with Gasteiger partial charge in [0.05, 0.1) is 0 Å². The Morgan fingerprint density at radius 3 is 2.29 bits per heavy atom. The molecule has 0 nitrogen and oxygen atoms in total. The third kappa shape index (κ3) is 6.83. The molecule has 0 aliphatic carbocycles. The summed E-state index contributed by atoms with van der Waals surface area (Å²) >= 11 is 7.43. The van der Waals surface area contributed by atoms with E-state index in [0.29, 0.717) is 0 Å². The van der Waals surface area contributed by atoms with Crippen molar-refractivity contribution in [2.75, 3.05) is 11.1 Å². The third-order valence-electron chi connectivity index (χ3n) is 0.792. The zero-order valence-electron chi connectivity index (χ0n) is 4.36. The molecule has 0 aromatic carbocycles. The van der Waals surface area contributed by atoms with E-state index in [1.54, 1.807) is 0 Å². The van der Waals surface area contributed by atoms with Gasteiger partial charge in [0.25, 0.3) is 0 Å². The first-order valence-corrected chi connectivity index (χ1v) is 4.34. The van der Waals surface area contributed by atoms with Gasteiger partial charge in [-0.2, -0.15) is 12.6 Å². The van der Waals surface area contributed by atoms with E-state index in [-0.39, 0.29) is 0 Å². The van der Waals surface area contributed by atoms with Gasteiger partial charge in [-0.15, -0.1) is 0 Å². The average Bonchev–Trinajstić information content (AvgIpc) is 1.69. The van der Waals surface area contributed by atoms with Crippen LogP contribution in [0.2, 0.25) is 0 Å². The highest BCUT2D eigenvalue weighted by Crippen LogP contribution is 1.98. The molecule has 0 radical (unpaired) electrons. The molecule has 0 aliphatic heterocycles. The summed E-state index contributed by atoms with van der Waals surface area (Å²) in [5.41, 5.74) is 0. The molecule has 0 aromatic heterocycles. The molecule has 0 saturated carbocycles. The zero-order chi connectivity index (χ0) is 5.54. The van der Waals surface area contributed by atoms with Crippen molar-refractivity contribution < 1.29 is 0 Å². The topological polar surface area (TPSA) is 0 Å². The Morgan fingerprint density at radius 2 is 1.86 bits per heavy atom. The first kappa shape index (κ1) is 7.83. The molecular formula is C5H11BrS. The lowest BCUT2D eigenvalue weighted by molar-refractivity contribution is 0.790. The van der Waals surface area contributed by atoms with E-state index < -0.39 is 0 Å². The quantitative estimate of drug-likeness (QED) is 0.386. The van der Waals surface area contributed by atoms with E-state index in [2.05, 4.69) is 28.6 Å². The van der Waals surface area contributed by atoms with E-state index in [1.165, 1.54) is 19.3 Å². The lowest BCUT2D eigenvalue weighted by Gasteiger charge is -1.89. The molecule has 0 aromatic rings.